The molecule has 2 aromatic heterocycles. The topological polar surface area (TPSA) is 92.5 Å². The molecule has 2 amide bonds. The molecule has 3 aromatic rings. The zero-order chi connectivity index (χ0) is 24.3. The number of fused-ring (bicyclic) bond motifs is 1. The number of nitrogens with zero attached hydrogens (tertiary/aromatic N) is 3. The molecule has 2 N–H and O–H groups in total. The highest BCUT2D eigenvalue weighted by atomic mass is 19.4. The minimum absolute atomic E-state index is 0.0684. The van der Waals surface area contributed by atoms with Crippen molar-refractivity contribution in [2.45, 2.75) is 19.1 Å². The van der Waals surface area contributed by atoms with Crippen molar-refractivity contribution >= 4 is 28.6 Å². The summed E-state index contributed by atoms with van der Waals surface area (Å²) in [7, 11) is 0. The van der Waals surface area contributed by atoms with E-state index in [9.17, 15) is 26.7 Å². The van der Waals surface area contributed by atoms with Crippen LogP contribution in [0.4, 0.5) is 38.4 Å². The van der Waals surface area contributed by atoms with Crippen molar-refractivity contribution in [1.82, 2.24) is 15.3 Å². The van der Waals surface area contributed by atoms with Crippen LogP contribution in [0.2, 0.25) is 0 Å². The Balaban J connectivity index is 1.30. The summed E-state index contributed by atoms with van der Waals surface area (Å²) < 4.78 is 79.1. The molecule has 2 saturated heterocycles. The fourth-order valence-corrected chi connectivity index (χ4v) is 4.16. The summed E-state index contributed by atoms with van der Waals surface area (Å²) in [5.74, 6) is -2.43. The normalized spacial score (nSPS) is 17.9. The van der Waals surface area contributed by atoms with Crippen molar-refractivity contribution in [3.8, 4) is 0 Å². The molecule has 1 aromatic carbocycles. The number of rotatable bonds is 4. The largest absolute Gasteiger partial charge is 0.455 e. The first kappa shape index (κ1) is 22.3. The van der Waals surface area contributed by atoms with E-state index in [1.54, 1.807) is 5.32 Å². The van der Waals surface area contributed by atoms with Gasteiger partial charge in [-0.15, -0.1) is 0 Å². The number of amides is 2. The molecule has 5 rings (SSSR count). The van der Waals surface area contributed by atoms with Crippen LogP contribution in [0.15, 0.2) is 28.9 Å². The van der Waals surface area contributed by atoms with Crippen molar-refractivity contribution in [1.29, 1.82) is 0 Å². The van der Waals surface area contributed by atoms with Gasteiger partial charge < -0.3 is 24.7 Å². The van der Waals surface area contributed by atoms with Gasteiger partial charge in [0.1, 0.15) is 11.6 Å². The lowest BCUT2D eigenvalue weighted by atomic mass is 9.78. The molecule has 2 fully saturated rings. The van der Waals surface area contributed by atoms with Gasteiger partial charge in [-0.1, -0.05) is 0 Å². The Morgan fingerprint density at radius 2 is 1.85 bits per heavy atom. The maximum Gasteiger partial charge on any atom is 0.416 e. The molecule has 0 saturated carbocycles. The number of aromatic nitrogens is 2. The number of nitrogens with one attached hydrogen (secondary N) is 2. The number of urea groups is 1. The van der Waals surface area contributed by atoms with Gasteiger partial charge in [0.2, 0.25) is 5.95 Å². The van der Waals surface area contributed by atoms with Crippen molar-refractivity contribution in [2.24, 2.45) is 5.41 Å². The van der Waals surface area contributed by atoms with Gasteiger partial charge in [0.05, 0.1) is 36.7 Å². The Morgan fingerprint density at radius 3 is 2.44 bits per heavy atom. The minimum Gasteiger partial charge on any atom is -0.455 e. The molecule has 0 radical (unpaired) electrons. The van der Waals surface area contributed by atoms with Crippen molar-refractivity contribution < 1.29 is 35.9 Å². The Bertz CT molecular complexity index is 1250. The number of carbonyl (C=O) groups excluding carboxylic acids is 1. The second-order valence-electron chi connectivity index (χ2n) is 8.55. The first-order chi connectivity index (χ1) is 16.0. The van der Waals surface area contributed by atoms with Crippen LogP contribution in [-0.4, -0.2) is 48.5 Å². The van der Waals surface area contributed by atoms with E-state index in [1.165, 1.54) is 19.3 Å². The molecule has 180 valence electrons. The van der Waals surface area contributed by atoms with Gasteiger partial charge in [0, 0.05) is 30.1 Å². The first-order valence-corrected chi connectivity index (χ1v) is 10.2. The Kier molecular flexibility index (Phi) is 5.11. The van der Waals surface area contributed by atoms with Crippen LogP contribution >= 0.6 is 0 Å². The summed E-state index contributed by atoms with van der Waals surface area (Å²) in [5, 5.41) is 3.86. The maximum atomic E-state index is 14.0. The first-order valence-electron chi connectivity index (χ1n) is 10.2. The smallest absolute Gasteiger partial charge is 0.416 e. The zero-order valence-corrected chi connectivity index (χ0v) is 17.7. The van der Waals surface area contributed by atoms with Gasteiger partial charge in [-0.2, -0.15) is 13.2 Å². The molecule has 0 unspecified atom stereocenters. The molecular formula is C21H18F5N5O3. The van der Waals surface area contributed by atoms with Gasteiger partial charge in [-0.25, -0.2) is 23.5 Å². The monoisotopic (exact) mass is 483 g/mol. The Labute approximate surface area is 189 Å². The lowest BCUT2D eigenvalue weighted by Crippen LogP contribution is -2.66. The van der Waals surface area contributed by atoms with Gasteiger partial charge in [0.25, 0.3) is 0 Å². The predicted octanol–water partition coefficient (Wildman–Crippen LogP) is 4.07. The summed E-state index contributed by atoms with van der Waals surface area (Å²) in [5.41, 5.74) is -0.460. The second kappa shape index (κ2) is 7.79. The van der Waals surface area contributed by atoms with E-state index in [4.69, 9.17) is 9.15 Å². The molecule has 2 aliphatic heterocycles. The number of ether oxygens (including phenoxy) is 1. The van der Waals surface area contributed by atoms with Crippen molar-refractivity contribution in [2.75, 3.05) is 36.5 Å². The lowest BCUT2D eigenvalue weighted by molar-refractivity contribution is -0.158. The summed E-state index contributed by atoms with van der Waals surface area (Å²) >= 11 is 0. The number of anilines is 2. The Morgan fingerprint density at radius 1 is 1.18 bits per heavy atom. The molecule has 13 heteroatoms. The highest BCUT2D eigenvalue weighted by Gasteiger charge is 2.50. The standard InChI is InChI=1S/C21H18F5N5O3/c1-10-13-2-11(22)3-14(23)16(13)34-15(10)17(21(24,25)26)30-19(32)29-12-4-27-18(28-5-12)31-6-20(7-31)8-33-9-20/h2-5,17H,6-9H2,1H3,(H2,29,30,32)/t17-/m0/s1. The van der Waals surface area contributed by atoms with Crippen LogP contribution in [0.25, 0.3) is 11.0 Å². The summed E-state index contributed by atoms with van der Waals surface area (Å²) in [6, 6.07) is -2.45. The number of benzene rings is 1. The number of carbonyl (C=O) groups is 1. The van der Waals surface area contributed by atoms with E-state index in [2.05, 4.69) is 15.3 Å². The third-order valence-corrected chi connectivity index (χ3v) is 5.91. The summed E-state index contributed by atoms with van der Waals surface area (Å²) in [6.07, 6.45) is -2.43. The van der Waals surface area contributed by atoms with Crippen LogP contribution in [0.5, 0.6) is 0 Å². The van der Waals surface area contributed by atoms with Gasteiger partial charge in [-0.3, -0.25) is 0 Å². The number of halogens is 5. The fraction of sp³-hybridized carbons (Fsp3) is 0.381. The molecular weight excluding hydrogens is 465 g/mol. The number of furan rings is 1. The molecule has 8 nitrogen and oxygen atoms in total. The van der Waals surface area contributed by atoms with Crippen LogP contribution in [0.3, 0.4) is 0 Å². The molecule has 1 atom stereocenters. The third-order valence-electron chi connectivity index (χ3n) is 5.91. The third kappa shape index (κ3) is 3.89. The summed E-state index contributed by atoms with van der Waals surface area (Å²) in [4.78, 5) is 22.5. The Hall–Kier alpha value is -3.48. The van der Waals surface area contributed by atoms with Crippen LogP contribution in [0, 0.1) is 24.0 Å². The van der Waals surface area contributed by atoms with Crippen molar-refractivity contribution in [3.63, 3.8) is 0 Å². The van der Waals surface area contributed by atoms with Gasteiger partial charge in [0.15, 0.2) is 17.4 Å². The SMILES string of the molecule is Cc1c([C@H](NC(=O)Nc2cnc(N3CC4(COC4)C3)nc2)C(F)(F)F)oc2c(F)cc(F)cc12. The van der Waals surface area contributed by atoms with Crippen LogP contribution in [-0.2, 0) is 4.74 Å². The molecule has 34 heavy (non-hydrogen) atoms. The van der Waals surface area contributed by atoms with E-state index < -0.39 is 41.2 Å². The van der Waals surface area contributed by atoms with Gasteiger partial charge >= 0.3 is 12.2 Å². The highest BCUT2D eigenvalue weighted by Crippen LogP contribution is 2.40. The average Bonchev–Trinajstić information content (AvgIpc) is 3.01. The molecule has 2 aliphatic rings. The van der Waals surface area contributed by atoms with Crippen LogP contribution < -0.4 is 15.5 Å². The molecule has 1 spiro atoms. The van der Waals surface area contributed by atoms with E-state index in [0.29, 0.717) is 25.2 Å². The lowest BCUT2D eigenvalue weighted by Gasteiger charge is -2.54. The quantitative estimate of drug-likeness (QED) is 0.544. The minimum atomic E-state index is -4.98. The van der Waals surface area contributed by atoms with E-state index in [0.717, 1.165) is 19.2 Å². The fourth-order valence-electron chi connectivity index (χ4n) is 4.16. The summed E-state index contributed by atoms with van der Waals surface area (Å²) in [6.45, 7) is 4.09. The molecule has 0 bridgehead atoms. The zero-order valence-electron chi connectivity index (χ0n) is 17.7. The van der Waals surface area contributed by atoms with Crippen LogP contribution in [0.1, 0.15) is 17.4 Å². The molecule has 0 aliphatic carbocycles. The number of alkyl halides is 3. The van der Waals surface area contributed by atoms with Crippen molar-refractivity contribution in [3.05, 3.63) is 47.5 Å². The highest BCUT2D eigenvalue weighted by molar-refractivity contribution is 5.89. The number of hydrogen-bond donors (Lipinski definition) is 2. The van der Waals surface area contributed by atoms with E-state index in [-0.39, 0.29) is 22.1 Å². The predicted molar refractivity (Wildman–Crippen MR) is 109 cm³/mol. The molecule has 4 heterocycles. The maximum absolute atomic E-state index is 14.0. The average molecular weight is 483 g/mol. The number of aryl methyl sites for hydroxylation is 1. The van der Waals surface area contributed by atoms with E-state index >= 15 is 0 Å². The second-order valence-corrected chi connectivity index (χ2v) is 8.55. The van der Waals surface area contributed by atoms with E-state index in [1.807, 2.05) is 4.90 Å². The number of hydrogen-bond acceptors (Lipinski definition) is 6. The van der Waals surface area contributed by atoms with Gasteiger partial charge in [-0.05, 0) is 13.0 Å².